The van der Waals surface area contributed by atoms with E-state index in [0.29, 0.717) is 12.5 Å². The third kappa shape index (κ3) is 1.47. The van der Waals surface area contributed by atoms with Gasteiger partial charge in [0.25, 0.3) is 0 Å². The summed E-state index contributed by atoms with van der Waals surface area (Å²) in [7, 11) is -2.57. The molecule has 3 atom stereocenters. The molecule has 14 heavy (non-hydrogen) atoms. The molecule has 0 spiro atoms. The Morgan fingerprint density at radius 2 is 2.14 bits per heavy atom. The van der Waals surface area contributed by atoms with Crippen LogP contribution in [-0.4, -0.2) is 40.6 Å². The molecule has 2 aliphatic heterocycles. The number of fused-ring (bicyclic) bond motifs is 1. The first kappa shape index (κ1) is 10.4. The van der Waals surface area contributed by atoms with Gasteiger partial charge in [0.1, 0.15) is 9.92 Å². The van der Waals surface area contributed by atoms with Crippen molar-refractivity contribution in [2.45, 2.75) is 19.9 Å². The summed E-state index contributed by atoms with van der Waals surface area (Å²) in [6.45, 7) is 6.49. The van der Waals surface area contributed by atoms with Crippen molar-refractivity contribution in [2.24, 2.45) is 11.3 Å². The van der Waals surface area contributed by atoms with Crippen LogP contribution in [0.15, 0.2) is 0 Å². The van der Waals surface area contributed by atoms with Crippen LogP contribution >= 0.6 is 0 Å². The van der Waals surface area contributed by atoms with Gasteiger partial charge in [-0.25, -0.2) is 13.3 Å². The molecule has 2 heterocycles. The van der Waals surface area contributed by atoms with Gasteiger partial charge in [-0.05, 0) is 5.41 Å². The van der Waals surface area contributed by atoms with Crippen LogP contribution in [0.3, 0.4) is 0 Å². The summed E-state index contributed by atoms with van der Waals surface area (Å²) in [5.41, 5.74) is 0.126. The quantitative estimate of drug-likeness (QED) is 0.712. The maximum Gasteiger partial charge on any atom is 0.105 e. The van der Waals surface area contributed by atoms with Crippen molar-refractivity contribution in [1.82, 2.24) is 4.31 Å². The molecule has 0 aromatic heterocycles. The lowest BCUT2D eigenvalue weighted by Crippen LogP contribution is -2.36. The standard InChI is InChI=1S/C9H18N2O2S/c1-9(2)6-11(14(3,10)12)8-5-13-4-7(8)9/h7-8,10H,4-6H2,1-3H3. The fraction of sp³-hybridized carbons (Fsp3) is 1.00. The highest BCUT2D eigenvalue weighted by molar-refractivity contribution is 7.89. The third-order valence-corrected chi connectivity index (χ3v) is 4.73. The predicted octanol–water partition coefficient (Wildman–Crippen LogP) is 0.935. The Labute approximate surface area is 85.7 Å². The summed E-state index contributed by atoms with van der Waals surface area (Å²) in [6.07, 6.45) is 1.50. The SMILES string of the molecule is CC1(C)CN(S(C)(=N)=O)C2COCC21. The highest BCUT2D eigenvalue weighted by Gasteiger charge is 2.51. The smallest absolute Gasteiger partial charge is 0.105 e. The lowest BCUT2D eigenvalue weighted by atomic mass is 9.80. The van der Waals surface area contributed by atoms with E-state index < -0.39 is 9.92 Å². The minimum absolute atomic E-state index is 0.126. The van der Waals surface area contributed by atoms with E-state index in [1.165, 1.54) is 6.26 Å². The van der Waals surface area contributed by atoms with Crippen molar-refractivity contribution >= 4 is 9.92 Å². The number of hydrogen-bond acceptors (Lipinski definition) is 3. The Morgan fingerprint density at radius 3 is 2.71 bits per heavy atom. The number of rotatable bonds is 1. The van der Waals surface area contributed by atoms with Gasteiger partial charge in [0.15, 0.2) is 0 Å². The normalized spacial score (nSPS) is 40.8. The second-order valence-electron chi connectivity index (χ2n) is 5.08. The van der Waals surface area contributed by atoms with Crippen LogP contribution in [0.4, 0.5) is 0 Å². The minimum Gasteiger partial charge on any atom is -0.379 e. The molecule has 0 radical (unpaired) electrons. The molecule has 2 rings (SSSR count). The summed E-state index contributed by atoms with van der Waals surface area (Å²) in [5.74, 6) is 0.439. The van der Waals surface area contributed by atoms with Crippen LogP contribution < -0.4 is 0 Å². The monoisotopic (exact) mass is 218 g/mol. The molecule has 0 amide bonds. The maximum atomic E-state index is 11.8. The van der Waals surface area contributed by atoms with Crippen LogP contribution in [0.5, 0.6) is 0 Å². The number of ether oxygens (including phenoxy) is 1. The third-order valence-electron chi connectivity index (χ3n) is 3.44. The zero-order valence-electron chi connectivity index (χ0n) is 8.95. The summed E-state index contributed by atoms with van der Waals surface area (Å²) < 4.78 is 26.7. The van der Waals surface area contributed by atoms with Gasteiger partial charge in [0.2, 0.25) is 0 Å². The van der Waals surface area contributed by atoms with Crippen molar-refractivity contribution in [1.29, 1.82) is 4.78 Å². The molecule has 1 N–H and O–H groups in total. The van der Waals surface area contributed by atoms with Gasteiger partial charge in [-0.3, -0.25) is 0 Å². The summed E-state index contributed by atoms with van der Waals surface area (Å²) in [4.78, 5) is 0. The molecule has 2 saturated heterocycles. The fourth-order valence-corrected chi connectivity index (χ4v) is 3.89. The summed E-state index contributed by atoms with van der Waals surface area (Å²) in [6, 6.07) is 0.194. The summed E-state index contributed by atoms with van der Waals surface area (Å²) >= 11 is 0. The van der Waals surface area contributed by atoms with E-state index in [1.807, 2.05) is 4.31 Å². The molecule has 2 aliphatic rings. The van der Waals surface area contributed by atoms with Crippen LogP contribution in [0.25, 0.3) is 0 Å². The zero-order valence-corrected chi connectivity index (χ0v) is 9.76. The van der Waals surface area contributed by atoms with E-state index in [4.69, 9.17) is 9.52 Å². The molecule has 0 bridgehead atoms. The topological polar surface area (TPSA) is 53.4 Å². The Bertz CT molecular complexity index is 337. The highest BCUT2D eigenvalue weighted by atomic mass is 32.2. The Morgan fingerprint density at radius 1 is 1.50 bits per heavy atom. The lowest BCUT2D eigenvalue weighted by Gasteiger charge is -2.23. The van der Waals surface area contributed by atoms with E-state index in [0.717, 1.165) is 13.2 Å². The molecule has 0 aromatic carbocycles. The largest absolute Gasteiger partial charge is 0.379 e. The first-order valence-electron chi connectivity index (χ1n) is 4.91. The first-order valence-corrected chi connectivity index (χ1v) is 6.83. The van der Waals surface area contributed by atoms with Crippen LogP contribution in [0, 0.1) is 16.1 Å². The maximum absolute atomic E-state index is 11.8. The molecule has 82 valence electrons. The number of hydrogen-bond donors (Lipinski definition) is 1. The van der Waals surface area contributed by atoms with Crippen molar-refractivity contribution < 1.29 is 8.95 Å². The highest BCUT2D eigenvalue weighted by Crippen LogP contribution is 2.44. The second kappa shape index (κ2) is 2.93. The number of nitrogens with one attached hydrogen (secondary N) is 1. The van der Waals surface area contributed by atoms with Gasteiger partial charge in [-0.2, -0.15) is 0 Å². The molecule has 4 nitrogen and oxygen atoms in total. The Hall–Kier alpha value is -0.130. The molecular formula is C9H18N2O2S. The molecule has 0 saturated carbocycles. The van der Waals surface area contributed by atoms with E-state index in [9.17, 15) is 4.21 Å². The lowest BCUT2D eigenvalue weighted by molar-refractivity contribution is 0.138. The second-order valence-corrected chi connectivity index (χ2v) is 7.15. The van der Waals surface area contributed by atoms with E-state index in [2.05, 4.69) is 13.8 Å². The summed E-state index contributed by atoms with van der Waals surface area (Å²) in [5, 5.41) is 0. The zero-order chi connectivity index (χ0) is 10.6. The van der Waals surface area contributed by atoms with Crippen LogP contribution in [0.2, 0.25) is 0 Å². The van der Waals surface area contributed by atoms with Gasteiger partial charge in [-0.1, -0.05) is 13.8 Å². The van der Waals surface area contributed by atoms with Gasteiger partial charge in [0.05, 0.1) is 19.3 Å². The fourth-order valence-electron chi connectivity index (χ4n) is 2.59. The van der Waals surface area contributed by atoms with Crippen molar-refractivity contribution in [3.05, 3.63) is 0 Å². The van der Waals surface area contributed by atoms with Crippen LogP contribution in [0.1, 0.15) is 13.8 Å². The molecule has 0 aromatic rings. The predicted molar refractivity (Wildman–Crippen MR) is 55.4 cm³/mol. The minimum atomic E-state index is -2.57. The molecular weight excluding hydrogens is 200 g/mol. The van der Waals surface area contributed by atoms with E-state index >= 15 is 0 Å². The van der Waals surface area contributed by atoms with Gasteiger partial charge >= 0.3 is 0 Å². The van der Waals surface area contributed by atoms with Gasteiger partial charge < -0.3 is 4.74 Å². The van der Waals surface area contributed by atoms with Crippen molar-refractivity contribution in [3.63, 3.8) is 0 Å². The number of nitrogens with zero attached hydrogens (tertiary/aromatic N) is 1. The van der Waals surface area contributed by atoms with Crippen LogP contribution in [-0.2, 0) is 14.7 Å². The van der Waals surface area contributed by atoms with Gasteiger partial charge in [0, 0.05) is 18.7 Å². The van der Waals surface area contributed by atoms with Gasteiger partial charge in [-0.15, -0.1) is 0 Å². The Balaban J connectivity index is 2.32. The van der Waals surface area contributed by atoms with Crippen molar-refractivity contribution in [2.75, 3.05) is 26.0 Å². The molecule has 5 heteroatoms. The van der Waals surface area contributed by atoms with E-state index in [1.54, 1.807) is 0 Å². The molecule has 0 aliphatic carbocycles. The first-order chi connectivity index (χ1) is 6.32. The molecule has 3 unspecified atom stereocenters. The Kier molecular flexibility index (Phi) is 2.18. The average Bonchev–Trinajstić information content (AvgIpc) is 2.51. The molecule has 2 fully saturated rings. The van der Waals surface area contributed by atoms with E-state index in [-0.39, 0.29) is 11.5 Å². The van der Waals surface area contributed by atoms with Crippen molar-refractivity contribution in [3.8, 4) is 0 Å². The average molecular weight is 218 g/mol.